The van der Waals surface area contributed by atoms with Crippen molar-refractivity contribution in [3.05, 3.63) is 36.3 Å². The summed E-state index contributed by atoms with van der Waals surface area (Å²) < 4.78 is 0. The molecule has 3 rings (SSSR count). The lowest BCUT2D eigenvalue weighted by atomic mass is 9.79. The number of hydrogen-bond donors (Lipinski definition) is 3. The molecular formula is C14H20N6. The molecule has 0 atom stereocenters. The van der Waals surface area contributed by atoms with E-state index in [1.165, 1.54) is 0 Å². The van der Waals surface area contributed by atoms with E-state index >= 15 is 0 Å². The number of aryl methyl sites for hydroxylation is 1. The molecule has 1 saturated carbocycles. The molecule has 1 fully saturated rings. The van der Waals surface area contributed by atoms with Crippen LogP contribution in [0.15, 0.2) is 24.8 Å². The Hall–Kier alpha value is -1.95. The SMILES string of the molecule is NC1CC(c2cc(NCCCc3ncc[nH]3)ncn2)C1. The van der Waals surface area contributed by atoms with Crippen molar-refractivity contribution in [3.8, 4) is 0 Å². The lowest BCUT2D eigenvalue weighted by Gasteiger charge is -2.31. The van der Waals surface area contributed by atoms with Crippen molar-refractivity contribution in [2.24, 2.45) is 5.73 Å². The van der Waals surface area contributed by atoms with Gasteiger partial charge >= 0.3 is 0 Å². The van der Waals surface area contributed by atoms with Crippen LogP contribution in [0.2, 0.25) is 0 Å². The first-order chi connectivity index (χ1) is 9.81. The summed E-state index contributed by atoms with van der Waals surface area (Å²) in [5.74, 6) is 2.44. The first kappa shape index (κ1) is 13.1. The largest absolute Gasteiger partial charge is 0.370 e. The summed E-state index contributed by atoms with van der Waals surface area (Å²) in [6, 6.07) is 2.39. The third kappa shape index (κ3) is 3.14. The molecule has 0 spiro atoms. The molecule has 2 aromatic heterocycles. The highest BCUT2D eigenvalue weighted by Crippen LogP contribution is 2.34. The maximum absolute atomic E-state index is 5.82. The molecule has 106 valence electrons. The third-order valence-electron chi connectivity index (χ3n) is 3.73. The van der Waals surface area contributed by atoms with Crippen LogP contribution in [0.1, 0.15) is 36.7 Å². The van der Waals surface area contributed by atoms with Crippen LogP contribution in [0.25, 0.3) is 0 Å². The molecule has 20 heavy (non-hydrogen) atoms. The Kier molecular flexibility index (Phi) is 3.92. The fourth-order valence-corrected chi connectivity index (χ4v) is 2.50. The molecule has 0 aromatic carbocycles. The lowest BCUT2D eigenvalue weighted by molar-refractivity contribution is 0.345. The number of nitrogens with two attached hydrogens (primary N) is 1. The Labute approximate surface area is 118 Å². The van der Waals surface area contributed by atoms with Gasteiger partial charge in [-0.2, -0.15) is 0 Å². The van der Waals surface area contributed by atoms with Crippen molar-refractivity contribution in [3.63, 3.8) is 0 Å². The second kappa shape index (κ2) is 6.00. The number of rotatable bonds is 6. The van der Waals surface area contributed by atoms with Gasteiger partial charge in [-0.15, -0.1) is 0 Å². The van der Waals surface area contributed by atoms with Gasteiger partial charge in [0.25, 0.3) is 0 Å². The minimum atomic E-state index is 0.347. The molecule has 4 N–H and O–H groups in total. The molecule has 0 aliphatic heterocycles. The van der Waals surface area contributed by atoms with Crippen LogP contribution >= 0.6 is 0 Å². The third-order valence-corrected chi connectivity index (χ3v) is 3.73. The molecule has 2 heterocycles. The van der Waals surface area contributed by atoms with Crippen molar-refractivity contribution >= 4 is 5.82 Å². The Balaban J connectivity index is 1.46. The highest BCUT2D eigenvalue weighted by atomic mass is 15.0. The van der Waals surface area contributed by atoms with Crippen molar-refractivity contribution in [2.75, 3.05) is 11.9 Å². The second-order valence-electron chi connectivity index (χ2n) is 5.32. The average molecular weight is 272 g/mol. The summed E-state index contributed by atoms with van der Waals surface area (Å²) >= 11 is 0. The fraction of sp³-hybridized carbons (Fsp3) is 0.500. The monoisotopic (exact) mass is 272 g/mol. The zero-order valence-corrected chi connectivity index (χ0v) is 11.4. The smallest absolute Gasteiger partial charge is 0.129 e. The summed E-state index contributed by atoms with van der Waals surface area (Å²) in [7, 11) is 0. The molecule has 0 amide bonds. The number of imidazole rings is 1. The molecule has 0 radical (unpaired) electrons. The summed E-state index contributed by atoms with van der Waals surface area (Å²) in [5, 5.41) is 3.34. The molecule has 1 aliphatic carbocycles. The molecule has 6 nitrogen and oxygen atoms in total. The number of aromatic nitrogens is 4. The Bertz CT molecular complexity index is 532. The van der Waals surface area contributed by atoms with E-state index in [1.807, 2.05) is 12.3 Å². The first-order valence-corrected chi connectivity index (χ1v) is 7.11. The van der Waals surface area contributed by atoms with Gasteiger partial charge in [-0.3, -0.25) is 0 Å². The standard InChI is InChI=1S/C14H20N6/c15-11-6-10(7-11)12-8-14(20-9-19-12)16-3-1-2-13-17-4-5-18-13/h4-5,8-11H,1-3,6-7,15H2,(H,17,18)(H,16,19,20). The van der Waals surface area contributed by atoms with Crippen LogP contribution in [0, 0.1) is 0 Å². The normalized spacial score (nSPS) is 21.4. The van der Waals surface area contributed by atoms with Gasteiger partial charge in [0.15, 0.2) is 0 Å². The zero-order valence-electron chi connectivity index (χ0n) is 11.4. The summed E-state index contributed by atoms with van der Waals surface area (Å²) in [6.45, 7) is 0.876. The predicted molar refractivity (Wildman–Crippen MR) is 77.4 cm³/mol. The van der Waals surface area contributed by atoms with E-state index in [0.29, 0.717) is 12.0 Å². The number of nitrogens with one attached hydrogen (secondary N) is 2. The highest BCUT2D eigenvalue weighted by molar-refractivity contribution is 5.36. The quantitative estimate of drug-likeness (QED) is 0.692. The van der Waals surface area contributed by atoms with Crippen LogP contribution in [0.3, 0.4) is 0 Å². The van der Waals surface area contributed by atoms with Crippen molar-refractivity contribution in [2.45, 2.75) is 37.6 Å². The van der Waals surface area contributed by atoms with Gasteiger partial charge in [0, 0.05) is 49.1 Å². The van der Waals surface area contributed by atoms with Crippen LogP contribution in [-0.4, -0.2) is 32.5 Å². The predicted octanol–water partition coefficient (Wildman–Crippen LogP) is 1.45. The Morgan fingerprint density at radius 2 is 2.20 bits per heavy atom. The van der Waals surface area contributed by atoms with E-state index in [2.05, 4.69) is 25.3 Å². The molecular weight excluding hydrogens is 252 g/mol. The van der Waals surface area contributed by atoms with E-state index in [9.17, 15) is 0 Å². The van der Waals surface area contributed by atoms with E-state index in [-0.39, 0.29) is 0 Å². The maximum atomic E-state index is 5.82. The number of anilines is 1. The van der Waals surface area contributed by atoms with Gasteiger partial charge < -0.3 is 16.0 Å². The first-order valence-electron chi connectivity index (χ1n) is 7.11. The second-order valence-corrected chi connectivity index (χ2v) is 5.32. The van der Waals surface area contributed by atoms with Crippen LogP contribution < -0.4 is 11.1 Å². The van der Waals surface area contributed by atoms with Crippen LogP contribution in [-0.2, 0) is 6.42 Å². The van der Waals surface area contributed by atoms with Crippen LogP contribution in [0.5, 0.6) is 0 Å². The summed E-state index contributed by atoms with van der Waals surface area (Å²) in [6.07, 6.45) is 9.29. The number of nitrogens with zero attached hydrogens (tertiary/aromatic N) is 3. The van der Waals surface area contributed by atoms with Gasteiger partial charge in [-0.05, 0) is 19.3 Å². The minimum absolute atomic E-state index is 0.347. The summed E-state index contributed by atoms with van der Waals surface area (Å²) in [5.41, 5.74) is 6.93. The van der Waals surface area contributed by atoms with E-state index in [1.54, 1.807) is 12.5 Å². The van der Waals surface area contributed by atoms with Gasteiger partial charge in [-0.25, -0.2) is 15.0 Å². The molecule has 0 bridgehead atoms. The Morgan fingerprint density at radius 1 is 1.30 bits per heavy atom. The van der Waals surface area contributed by atoms with E-state index in [4.69, 9.17) is 5.73 Å². The fourth-order valence-electron chi connectivity index (χ4n) is 2.50. The molecule has 0 unspecified atom stereocenters. The molecule has 1 aliphatic rings. The van der Waals surface area contributed by atoms with Gasteiger partial charge in [0.05, 0.1) is 0 Å². The van der Waals surface area contributed by atoms with E-state index in [0.717, 1.165) is 49.6 Å². The maximum Gasteiger partial charge on any atom is 0.129 e. The summed E-state index contributed by atoms with van der Waals surface area (Å²) in [4.78, 5) is 15.9. The van der Waals surface area contributed by atoms with Crippen molar-refractivity contribution in [1.29, 1.82) is 0 Å². The van der Waals surface area contributed by atoms with Gasteiger partial charge in [0.1, 0.15) is 18.0 Å². The van der Waals surface area contributed by atoms with Crippen LogP contribution in [0.4, 0.5) is 5.82 Å². The highest BCUT2D eigenvalue weighted by Gasteiger charge is 2.28. The number of hydrogen-bond acceptors (Lipinski definition) is 5. The number of H-pyrrole nitrogens is 1. The molecule has 6 heteroatoms. The van der Waals surface area contributed by atoms with E-state index < -0.39 is 0 Å². The van der Waals surface area contributed by atoms with Gasteiger partial charge in [-0.1, -0.05) is 0 Å². The molecule has 0 saturated heterocycles. The van der Waals surface area contributed by atoms with Crippen molar-refractivity contribution in [1.82, 2.24) is 19.9 Å². The minimum Gasteiger partial charge on any atom is -0.370 e. The van der Waals surface area contributed by atoms with Gasteiger partial charge in [0.2, 0.25) is 0 Å². The topological polar surface area (TPSA) is 92.5 Å². The zero-order chi connectivity index (χ0) is 13.8. The lowest BCUT2D eigenvalue weighted by Crippen LogP contribution is -2.35. The average Bonchev–Trinajstić information content (AvgIpc) is 2.94. The number of aromatic amines is 1. The Morgan fingerprint density at radius 3 is 2.95 bits per heavy atom. The molecule has 2 aromatic rings. The van der Waals surface area contributed by atoms with Crippen molar-refractivity contribution < 1.29 is 0 Å².